The number of hydrogen-bond acceptors (Lipinski definition) is 1. The topological polar surface area (TPSA) is 20.2 Å². The van der Waals surface area contributed by atoms with Gasteiger partial charge < -0.3 is 5.11 Å². The maximum absolute atomic E-state index is 8.98. The molecule has 2 heteroatoms. The predicted octanol–water partition coefficient (Wildman–Crippen LogP) is 1.54. The molecule has 1 saturated carbocycles. The van der Waals surface area contributed by atoms with Gasteiger partial charge in [-0.2, -0.15) is 0 Å². The molecule has 1 rings (SSSR count). The van der Waals surface area contributed by atoms with Gasteiger partial charge in [0.05, 0.1) is 6.10 Å². The van der Waals surface area contributed by atoms with Crippen molar-refractivity contribution in [3.05, 3.63) is 0 Å². The Morgan fingerprint density at radius 1 is 1.62 bits per heavy atom. The highest BCUT2D eigenvalue weighted by atomic mass is 79.9. The van der Waals surface area contributed by atoms with Crippen LogP contribution in [0.25, 0.3) is 0 Å². The highest BCUT2D eigenvalue weighted by Crippen LogP contribution is 2.37. The lowest BCUT2D eigenvalue weighted by Gasteiger charge is -2.09. The molecule has 0 spiro atoms. The van der Waals surface area contributed by atoms with Crippen LogP contribution in [0.1, 0.15) is 19.8 Å². The van der Waals surface area contributed by atoms with Gasteiger partial charge in [-0.25, -0.2) is 0 Å². The molecule has 0 aromatic rings. The largest absolute Gasteiger partial charge is 0.392 e. The maximum Gasteiger partial charge on any atom is 0.0639 e. The summed E-state index contributed by atoms with van der Waals surface area (Å²) in [5, 5.41) is 8.98. The summed E-state index contributed by atoms with van der Waals surface area (Å²) in [4.78, 5) is 0.350. The third kappa shape index (κ3) is 1.46. The molecule has 1 aliphatic carbocycles. The van der Waals surface area contributed by atoms with E-state index in [1.165, 1.54) is 12.8 Å². The normalized spacial score (nSPS) is 27.4. The van der Waals surface area contributed by atoms with Gasteiger partial charge in [0.2, 0.25) is 0 Å². The fourth-order valence-corrected chi connectivity index (χ4v) is 1.34. The minimum atomic E-state index is -0.178. The summed E-state index contributed by atoms with van der Waals surface area (Å²) in [6.45, 7) is 1.83. The molecular formula is C6H11BrO. The van der Waals surface area contributed by atoms with E-state index in [1.807, 2.05) is 6.92 Å². The quantitative estimate of drug-likeness (QED) is 0.637. The highest BCUT2D eigenvalue weighted by Gasteiger charge is 2.31. The molecule has 0 aromatic carbocycles. The molecule has 2 atom stereocenters. The van der Waals surface area contributed by atoms with Crippen LogP contribution in [0.5, 0.6) is 0 Å². The van der Waals surface area contributed by atoms with Crippen LogP contribution in [0.15, 0.2) is 0 Å². The van der Waals surface area contributed by atoms with E-state index in [4.69, 9.17) is 5.11 Å². The Hall–Kier alpha value is 0.440. The number of halogens is 1. The number of aliphatic hydroxyl groups is 1. The van der Waals surface area contributed by atoms with Crippen molar-refractivity contribution in [2.45, 2.75) is 30.7 Å². The van der Waals surface area contributed by atoms with Crippen molar-refractivity contribution in [1.82, 2.24) is 0 Å². The van der Waals surface area contributed by atoms with E-state index in [1.54, 1.807) is 0 Å². The van der Waals surface area contributed by atoms with Gasteiger partial charge in [0.25, 0.3) is 0 Å². The minimum Gasteiger partial charge on any atom is -0.392 e. The number of aliphatic hydroxyl groups excluding tert-OH is 1. The highest BCUT2D eigenvalue weighted by molar-refractivity contribution is 9.09. The summed E-state index contributed by atoms with van der Waals surface area (Å²) in [6.07, 6.45) is 2.41. The van der Waals surface area contributed by atoms with E-state index in [9.17, 15) is 0 Å². The van der Waals surface area contributed by atoms with Crippen LogP contribution in [0.2, 0.25) is 0 Å². The van der Waals surface area contributed by atoms with Crippen molar-refractivity contribution in [3.63, 3.8) is 0 Å². The number of alkyl halides is 1. The molecule has 2 unspecified atom stereocenters. The minimum absolute atomic E-state index is 0.178. The molecule has 0 radical (unpaired) electrons. The Balaban J connectivity index is 2.22. The summed E-state index contributed by atoms with van der Waals surface area (Å²) < 4.78 is 0. The lowest BCUT2D eigenvalue weighted by molar-refractivity contribution is 0.186. The van der Waals surface area contributed by atoms with Crippen molar-refractivity contribution in [3.8, 4) is 0 Å². The van der Waals surface area contributed by atoms with Crippen LogP contribution < -0.4 is 0 Å². The zero-order chi connectivity index (χ0) is 6.15. The van der Waals surface area contributed by atoms with Crippen LogP contribution in [-0.4, -0.2) is 16.0 Å². The maximum atomic E-state index is 8.98. The lowest BCUT2D eigenvalue weighted by atomic mass is 10.2. The monoisotopic (exact) mass is 178 g/mol. The Bertz CT molecular complexity index is 76.6. The van der Waals surface area contributed by atoms with E-state index in [-0.39, 0.29) is 6.10 Å². The first kappa shape index (κ1) is 6.56. The molecule has 1 N–H and O–H groups in total. The van der Waals surface area contributed by atoms with Crippen LogP contribution in [0.3, 0.4) is 0 Å². The van der Waals surface area contributed by atoms with E-state index in [0.717, 1.165) is 5.92 Å². The molecule has 8 heavy (non-hydrogen) atoms. The average Bonchev–Trinajstić information content (AvgIpc) is 2.43. The number of rotatable bonds is 2. The van der Waals surface area contributed by atoms with Gasteiger partial charge in [0.1, 0.15) is 0 Å². The van der Waals surface area contributed by atoms with Crippen LogP contribution >= 0.6 is 15.9 Å². The summed E-state index contributed by atoms with van der Waals surface area (Å²) in [6, 6.07) is 0. The Morgan fingerprint density at radius 2 is 2.12 bits per heavy atom. The second-order valence-corrected chi connectivity index (χ2v) is 3.58. The standard InChI is InChI=1S/C6H11BrO/c1-4(8)6(7)5-2-3-5/h4-6,8H,2-3H2,1H3. The van der Waals surface area contributed by atoms with Gasteiger partial charge in [0, 0.05) is 4.83 Å². The molecular weight excluding hydrogens is 168 g/mol. The molecule has 0 amide bonds. The van der Waals surface area contributed by atoms with E-state index in [2.05, 4.69) is 15.9 Å². The summed E-state index contributed by atoms with van der Waals surface area (Å²) in [5.41, 5.74) is 0. The first-order valence-corrected chi connectivity index (χ1v) is 3.95. The molecule has 1 aliphatic rings. The van der Waals surface area contributed by atoms with Gasteiger partial charge in [-0.1, -0.05) is 15.9 Å². The number of hydrogen-bond donors (Lipinski definition) is 1. The summed E-state index contributed by atoms with van der Waals surface area (Å²) in [7, 11) is 0. The third-order valence-corrected chi connectivity index (χ3v) is 3.05. The Morgan fingerprint density at radius 3 is 2.25 bits per heavy atom. The molecule has 0 saturated heterocycles. The Labute approximate surface area is 58.2 Å². The molecule has 0 heterocycles. The fraction of sp³-hybridized carbons (Fsp3) is 1.00. The van der Waals surface area contributed by atoms with E-state index >= 15 is 0 Å². The SMILES string of the molecule is CC(O)C(Br)C1CC1. The molecule has 48 valence electrons. The van der Waals surface area contributed by atoms with Crippen molar-refractivity contribution >= 4 is 15.9 Å². The van der Waals surface area contributed by atoms with Crippen molar-refractivity contribution in [1.29, 1.82) is 0 Å². The van der Waals surface area contributed by atoms with E-state index in [0.29, 0.717) is 4.83 Å². The first-order valence-electron chi connectivity index (χ1n) is 3.04. The Kier molecular flexibility index (Phi) is 1.93. The molecule has 0 aliphatic heterocycles. The van der Waals surface area contributed by atoms with Crippen LogP contribution in [0.4, 0.5) is 0 Å². The fourth-order valence-electron chi connectivity index (χ4n) is 0.809. The zero-order valence-electron chi connectivity index (χ0n) is 4.97. The van der Waals surface area contributed by atoms with Gasteiger partial charge in [-0.15, -0.1) is 0 Å². The van der Waals surface area contributed by atoms with Crippen LogP contribution in [-0.2, 0) is 0 Å². The molecule has 1 nitrogen and oxygen atoms in total. The smallest absolute Gasteiger partial charge is 0.0639 e. The van der Waals surface area contributed by atoms with E-state index < -0.39 is 0 Å². The van der Waals surface area contributed by atoms with Gasteiger partial charge in [-0.3, -0.25) is 0 Å². The third-order valence-electron chi connectivity index (χ3n) is 1.53. The molecule has 0 bridgehead atoms. The average molecular weight is 179 g/mol. The zero-order valence-corrected chi connectivity index (χ0v) is 6.56. The second kappa shape index (κ2) is 2.36. The van der Waals surface area contributed by atoms with Crippen molar-refractivity contribution in [2.24, 2.45) is 5.92 Å². The predicted molar refractivity (Wildman–Crippen MR) is 37.1 cm³/mol. The van der Waals surface area contributed by atoms with Crippen molar-refractivity contribution in [2.75, 3.05) is 0 Å². The first-order chi connectivity index (χ1) is 3.72. The lowest BCUT2D eigenvalue weighted by Crippen LogP contribution is -2.17. The second-order valence-electron chi connectivity index (χ2n) is 2.52. The van der Waals surface area contributed by atoms with Gasteiger partial charge in [0.15, 0.2) is 0 Å². The van der Waals surface area contributed by atoms with Gasteiger partial charge >= 0.3 is 0 Å². The van der Waals surface area contributed by atoms with Gasteiger partial charge in [-0.05, 0) is 25.7 Å². The van der Waals surface area contributed by atoms with Crippen LogP contribution in [0, 0.1) is 5.92 Å². The summed E-state index contributed by atoms with van der Waals surface area (Å²) >= 11 is 3.42. The molecule has 0 aromatic heterocycles. The van der Waals surface area contributed by atoms with Crippen molar-refractivity contribution < 1.29 is 5.11 Å². The summed E-state index contributed by atoms with van der Waals surface area (Å²) in [5.74, 6) is 0.759. The molecule has 1 fully saturated rings.